The lowest BCUT2D eigenvalue weighted by molar-refractivity contribution is 0.291. The summed E-state index contributed by atoms with van der Waals surface area (Å²) in [5, 5.41) is 3.43. The highest BCUT2D eigenvalue weighted by Gasteiger charge is 2.32. The molecule has 0 amide bonds. The normalized spacial score (nSPS) is 20.1. The lowest BCUT2D eigenvalue weighted by Crippen LogP contribution is -2.41. The molecule has 0 spiro atoms. The van der Waals surface area contributed by atoms with Gasteiger partial charge in [-0.1, -0.05) is 30.3 Å². The first-order valence-electron chi connectivity index (χ1n) is 5.84. The molecule has 0 unspecified atom stereocenters. The third-order valence-electron chi connectivity index (χ3n) is 3.57. The maximum atomic E-state index is 5.76. The van der Waals surface area contributed by atoms with Crippen LogP contribution in [-0.2, 0) is 5.41 Å². The minimum absolute atomic E-state index is 0.335. The van der Waals surface area contributed by atoms with Gasteiger partial charge in [0.05, 0.1) is 0 Å². The first-order chi connectivity index (χ1) is 7.37. The van der Waals surface area contributed by atoms with E-state index in [4.69, 9.17) is 5.73 Å². The molecule has 2 rings (SSSR count). The summed E-state index contributed by atoms with van der Waals surface area (Å²) in [5.41, 5.74) is 7.57. The number of hydrogen-bond acceptors (Lipinski definition) is 2. The van der Waals surface area contributed by atoms with Crippen molar-refractivity contribution in [3.8, 4) is 0 Å². The molecule has 0 aliphatic carbocycles. The molecular formula is C13H20N2. The van der Waals surface area contributed by atoms with Crippen LogP contribution in [0.15, 0.2) is 30.3 Å². The highest BCUT2D eigenvalue weighted by molar-refractivity contribution is 5.26. The summed E-state index contributed by atoms with van der Waals surface area (Å²) in [6, 6.07) is 10.9. The number of nitrogens with one attached hydrogen (secondary N) is 1. The van der Waals surface area contributed by atoms with Crippen molar-refractivity contribution < 1.29 is 0 Å². The quantitative estimate of drug-likeness (QED) is 0.786. The second kappa shape index (κ2) is 4.77. The molecule has 2 nitrogen and oxygen atoms in total. The van der Waals surface area contributed by atoms with Gasteiger partial charge in [-0.25, -0.2) is 0 Å². The molecule has 0 atom stereocenters. The molecule has 1 saturated heterocycles. The topological polar surface area (TPSA) is 38.0 Å². The van der Waals surface area contributed by atoms with E-state index in [2.05, 4.69) is 35.6 Å². The smallest absolute Gasteiger partial charge is 0.00109 e. The number of nitrogens with two attached hydrogens (primary N) is 1. The van der Waals surface area contributed by atoms with Gasteiger partial charge in [0.15, 0.2) is 0 Å². The molecule has 0 saturated carbocycles. The zero-order valence-corrected chi connectivity index (χ0v) is 9.21. The van der Waals surface area contributed by atoms with Crippen molar-refractivity contribution in [3.63, 3.8) is 0 Å². The van der Waals surface area contributed by atoms with E-state index in [-0.39, 0.29) is 0 Å². The van der Waals surface area contributed by atoms with E-state index in [0.717, 1.165) is 26.1 Å². The summed E-state index contributed by atoms with van der Waals surface area (Å²) in [4.78, 5) is 0. The molecule has 15 heavy (non-hydrogen) atoms. The van der Waals surface area contributed by atoms with Crippen LogP contribution in [0.5, 0.6) is 0 Å². The minimum Gasteiger partial charge on any atom is -0.330 e. The van der Waals surface area contributed by atoms with Gasteiger partial charge in [-0.05, 0) is 49.9 Å². The Hall–Kier alpha value is -0.860. The van der Waals surface area contributed by atoms with Crippen LogP contribution >= 0.6 is 0 Å². The molecular weight excluding hydrogens is 184 g/mol. The van der Waals surface area contributed by atoms with Crippen molar-refractivity contribution in [2.45, 2.75) is 24.7 Å². The van der Waals surface area contributed by atoms with Crippen LogP contribution in [0.3, 0.4) is 0 Å². The van der Waals surface area contributed by atoms with Crippen molar-refractivity contribution in [1.82, 2.24) is 5.32 Å². The average molecular weight is 204 g/mol. The van der Waals surface area contributed by atoms with Gasteiger partial charge in [0.1, 0.15) is 0 Å². The predicted octanol–water partition coefficient (Wildman–Crippen LogP) is 1.66. The molecule has 2 heteroatoms. The fraction of sp³-hybridized carbons (Fsp3) is 0.538. The van der Waals surface area contributed by atoms with Gasteiger partial charge in [0.2, 0.25) is 0 Å². The molecule has 0 radical (unpaired) electrons. The van der Waals surface area contributed by atoms with Gasteiger partial charge in [-0.15, -0.1) is 0 Å². The maximum Gasteiger partial charge on any atom is -0.00109 e. The van der Waals surface area contributed by atoms with Crippen molar-refractivity contribution in [2.24, 2.45) is 5.73 Å². The van der Waals surface area contributed by atoms with Gasteiger partial charge in [0.25, 0.3) is 0 Å². The Morgan fingerprint density at radius 3 is 2.40 bits per heavy atom. The second-order valence-electron chi connectivity index (χ2n) is 4.44. The van der Waals surface area contributed by atoms with Crippen molar-refractivity contribution >= 4 is 0 Å². The van der Waals surface area contributed by atoms with Crippen molar-refractivity contribution in [2.75, 3.05) is 19.6 Å². The maximum absolute atomic E-state index is 5.76. The van der Waals surface area contributed by atoms with Crippen LogP contribution in [0.1, 0.15) is 24.8 Å². The summed E-state index contributed by atoms with van der Waals surface area (Å²) in [6.07, 6.45) is 3.54. The Bertz CT molecular complexity index is 283. The Morgan fingerprint density at radius 2 is 1.80 bits per heavy atom. The fourth-order valence-electron chi connectivity index (χ4n) is 2.66. The number of piperidine rings is 1. The highest BCUT2D eigenvalue weighted by Crippen LogP contribution is 2.36. The summed E-state index contributed by atoms with van der Waals surface area (Å²) >= 11 is 0. The molecule has 1 aromatic carbocycles. The molecule has 3 N–H and O–H groups in total. The van der Waals surface area contributed by atoms with E-state index in [1.165, 1.54) is 18.4 Å². The third kappa shape index (κ3) is 2.21. The third-order valence-corrected chi connectivity index (χ3v) is 3.57. The van der Waals surface area contributed by atoms with E-state index in [9.17, 15) is 0 Å². The van der Waals surface area contributed by atoms with Gasteiger partial charge < -0.3 is 11.1 Å². The monoisotopic (exact) mass is 204 g/mol. The number of rotatable bonds is 3. The highest BCUT2D eigenvalue weighted by atomic mass is 14.9. The Kier molecular flexibility index (Phi) is 3.39. The molecule has 1 heterocycles. The van der Waals surface area contributed by atoms with E-state index in [0.29, 0.717) is 5.41 Å². The molecule has 1 fully saturated rings. The van der Waals surface area contributed by atoms with Crippen LogP contribution in [-0.4, -0.2) is 19.6 Å². The zero-order valence-electron chi connectivity index (χ0n) is 9.21. The van der Waals surface area contributed by atoms with Crippen LogP contribution in [0.4, 0.5) is 0 Å². The van der Waals surface area contributed by atoms with E-state index in [1.54, 1.807) is 0 Å². The zero-order chi connectivity index (χ0) is 10.6. The Balaban J connectivity index is 2.25. The summed E-state index contributed by atoms with van der Waals surface area (Å²) in [5.74, 6) is 0. The fourth-order valence-corrected chi connectivity index (χ4v) is 2.66. The SMILES string of the molecule is NCCC1(c2ccccc2)CCNCC1. The molecule has 1 aliphatic rings. The van der Waals surface area contributed by atoms with Crippen LogP contribution in [0.25, 0.3) is 0 Å². The largest absolute Gasteiger partial charge is 0.330 e. The number of benzene rings is 1. The standard InChI is InChI=1S/C13H20N2/c14-9-6-13(7-10-15-11-8-13)12-4-2-1-3-5-12/h1-5,15H,6-11,14H2. The van der Waals surface area contributed by atoms with Crippen molar-refractivity contribution in [3.05, 3.63) is 35.9 Å². The van der Waals surface area contributed by atoms with Gasteiger partial charge in [-0.3, -0.25) is 0 Å². The molecule has 82 valence electrons. The van der Waals surface area contributed by atoms with Crippen molar-refractivity contribution in [1.29, 1.82) is 0 Å². The molecule has 1 aliphatic heterocycles. The predicted molar refractivity (Wildman–Crippen MR) is 63.9 cm³/mol. The Labute approximate surface area is 91.9 Å². The second-order valence-corrected chi connectivity index (χ2v) is 4.44. The van der Waals surface area contributed by atoms with E-state index < -0.39 is 0 Å². The van der Waals surface area contributed by atoms with E-state index in [1.807, 2.05) is 0 Å². The van der Waals surface area contributed by atoms with Gasteiger partial charge in [0, 0.05) is 0 Å². The van der Waals surface area contributed by atoms with Gasteiger partial charge >= 0.3 is 0 Å². The Morgan fingerprint density at radius 1 is 1.13 bits per heavy atom. The summed E-state index contributed by atoms with van der Waals surface area (Å²) in [7, 11) is 0. The first-order valence-corrected chi connectivity index (χ1v) is 5.84. The molecule has 0 bridgehead atoms. The van der Waals surface area contributed by atoms with Crippen LogP contribution < -0.4 is 11.1 Å². The molecule has 1 aromatic rings. The summed E-state index contributed by atoms with van der Waals surface area (Å²) in [6.45, 7) is 3.03. The lowest BCUT2D eigenvalue weighted by Gasteiger charge is -2.38. The van der Waals surface area contributed by atoms with Gasteiger partial charge in [-0.2, -0.15) is 0 Å². The molecule has 0 aromatic heterocycles. The van der Waals surface area contributed by atoms with Crippen LogP contribution in [0.2, 0.25) is 0 Å². The minimum atomic E-state index is 0.335. The summed E-state index contributed by atoms with van der Waals surface area (Å²) < 4.78 is 0. The lowest BCUT2D eigenvalue weighted by atomic mass is 9.71. The number of hydrogen-bond donors (Lipinski definition) is 2. The first kappa shape index (κ1) is 10.7. The van der Waals surface area contributed by atoms with E-state index >= 15 is 0 Å². The average Bonchev–Trinajstić information content (AvgIpc) is 2.32. The van der Waals surface area contributed by atoms with Crippen LogP contribution in [0, 0.1) is 0 Å².